The molecule has 1 aliphatic carbocycles. The van der Waals surface area contributed by atoms with Crippen LogP contribution in [0, 0.1) is 11.3 Å². The maximum Gasteiger partial charge on any atom is 0.255 e. The van der Waals surface area contributed by atoms with E-state index in [1.807, 2.05) is 24.3 Å². The number of ether oxygens (including phenoxy) is 1. The molecule has 2 fully saturated rings. The van der Waals surface area contributed by atoms with Gasteiger partial charge in [-0.1, -0.05) is 48.3 Å². The maximum absolute atomic E-state index is 12.8. The molecule has 7 heteroatoms. The van der Waals surface area contributed by atoms with E-state index in [0.717, 1.165) is 24.0 Å². The molecule has 1 saturated carbocycles. The molecule has 0 unspecified atom stereocenters. The maximum atomic E-state index is 12.8. The highest BCUT2D eigenvalue weighted by molar-refractivity contribution is 6.31. The minimum absolute atomic E-state index is 0.0536. The van der Waals surface area contributed by atoms with Gasteiger partial charge in [-0.25, -0.2) is 0 Å². The van der Waals surface area contributed by atoms with Crippen molar-refractivity contribution >= 4 is 35.0 Å². The van der Waals surface area contributed by atoms with E-state index >= 15 is 0 Å². The molecule has 31 heavy (non-hydrogen) atoms. The Balaban J connectivity index is 1.75. The lowest BCUT2D eigenvalue weighted by molar-refractivity contribution is -0.129. The van der Waals surface area contributed by atoms with Crippen LogP contribution in [-0.4, -0.2) is 24.5 Å². The predicted octanol–water partition coefficient (Wildman–Crippen LogP) is 4.66. The SMILES string of the molecule is C[C@H]1NC(=O)[C@]2(C)CC[C@@H](c3ccc(OCC(N)=O)cc3Cl)[C@H](c3ccc(Cl)cc3)[C@H]12. The Labute approximate surface area is 192 Å². The van der Waals surface area contributed by atoms with Gasteiger partial charge in [-0.3, -0.25) is 9.59 Å². The third kappa shape index (κ3) is 4.01. The van der Waals surface area contributed by atoms with Crippen molar-refractivity contribution < 1.29 is 14.3 Å². The van der Waals surface area contributed by atoms with Crippen LogP contribution in [0.25, 0.3) is 0 Å². The zero-order valence-corrected chi connectivity index (χ0v) is 19.0. The van der Waals surface area contributed by atoms with E-state index in [-0.39, 0.29) is 36.3 Å². The topological polar surface area (TPSA) is 81.4 Å². The first-order valence-electron chi connectivity index (χ1n) is 10.5. The molecule has 2 aliphatic rings. The molecular weight excluding hydrogens is 435 g/mol. The molecule has 2 aromatic carbocycles. The molecule has 2 aromatic rings. The summed E-state index contributed by atoms with van der Waals surface area (Å²) in [6.45, 7) is 3.97. The molecule has 5 atom stereocenters. The fourth-order valence-electron chi connectivity index (χ4n) is 5.56. The molecule has 5 nitrogen and oxygen atoms in total. The minimum Gasteiger partial charge on any atom is -0.484 e. The number of fused-ring (bicyclic) bond motifs is 1. The number of nitrogens with one attached hydrogen (secondary N) is 1. The number of rotatable bonds is 5. The number of nitrogens with two attached hydrogens (primary N) is 1. The number of hydrogen-bond donors (Lipinski definition) is 2. The zero-order valence-electron chi connectivity index (χ0n) is 17.5. The normalized spacial score (nSPS) is 29.9. The number of carbonyl (C=O) groups excluding carboxylic acids is 2. The van der Waals surface area contributed by atoms with Gasteiger partial charge in [-0.15, -0.1) is 0 Å². The van der Waals surface area contributed by atoms with Gasteiger partial charge in [0, 0.05) is 22.0 Å². The van der Waals surface area contributed by atoms with Crippen LogP contribution in [0.5, 0.6) is 5.75 Å². The summed E-state index contributed by atoms with van der Waals surface area (Å²) < 4.78 is 5.40. The van der Waals surface area contributed by atoms with Crippen molar-refractivity contribution in [3.63, 3.8) is 0 Å². The van der Waals surface area contributed by atoms with Gasteiger partial charge >= 0.3 is 0 Å². The quantitative estimate of drug-likeness (QED) is 0.680. The van der Waals surface area contributed by atoms with E-state index in [9.17, 15) is 9.59 Å². The second-order valence-electron chi connectivity index (χ2n) is 8.87. The predicted molar refractivity (Wildman–Crippen MR) is 122 cm³/mol. The van der Waals surface area contributed by atoms with Crippen LogP contribution in [0.15, 0.2) is 42.5 Å². The van der Waals surface area contributed by atoms with Crippen LogP contribution in [0.1, 0.15) is 49.7 Å². The molecule has 2 amide bonds. The van der Waals surface area contributed by atoms with Crippen molar-refractivity contribution in [2.45, 2.75) is 44.6 Å². The minimum atomic E-state index is -0.540. The molecule has 0 aromatic heterocycles. The first-order valence-corrected chi connectivity index (χ1v) is 11.2. The summed E-state index contributed by atoms with van der Waals surface area (Å²) in [5, 5.41) is 4.44. The Bertz CT molecular complexity index is 1010. The lowest BCUT2D eigenvalue weighted by Gasteiger charge is -2.46. The number of benzene rings is 2. The third-order valence-corrected chi connectivity index (χ3v) is 7.53. The number of carbonyl (C=O) groups is 2. The Morgan fingerprint density at radius 1 is 1.23 bits per heavy atom. The summed E-state index contributed by atoms with van der Waals surface area (Å²) in [4.78, 5) is 23.9. The first kappa shape index (κ1) is 22.0. The summed E-state index contributed by atoms with van der Waals surface area (Å²) in [6.07, 6.45) is 1.63. The van der Waals surface area contributed by atoms with Crippen LogP contribution < -0.4 is 15.8 Å². The molecule has 164 valence electrons. The van der Waals surface area contributed by atoms with Crippen molar-refractivity contribution in [3.05, 3.63) is 63.6 Å². The van der Waals surface area contributed by atoms with E-state index in [4.69, 9.17) is 33.7 Å². The summed E-state index contributed by atoms with van der Waals surface area (Å²) in [5.41, 5.74) is 6.91. The zero-order chi connectivity index (χ0) is 22.3. The standard InChI is InChI=1S/C24H26Cl2N2O3/c1-13-22-21(14-3-5-15(25)6-4-14)18(9-10-24(22,2)23(30)28-13)17-8-7-16(11-19(17)26)31-12-20(27)29/h3-8,11,13,18,21-22H,9-10,12H2,1-2H3,(H2,27,29)(H,28,30)/t13-,18+,21+,22+,24-/m1/s1. The highest BCUT2D eigenvalue weighted by Crippen LogP contribution is 2.59. The van der Waals surface area contributed by atoms with E-state index < -0.39 is 11.3 Å². The molecule has 0 bridgehead atoms. The molecule has 1 heterocycles. The van der Waals surface area contributed by atoms with E-state index in [2.05, 4.69) is 31.3 Å². The number of hydrogen-bond acceptors (Lipinski definition) is 3. The number of halogens is 2. The van der Waals surface area contributed by atoms with Crippen molar-refractivity contribution in [2.24, 2.45) is 17.1 Å². The Kier molecular flexibility index (Phi) is 5.93. The van der Waals surface area contributed by atoms with Gasteiger partial charge in [0.05, 0.1) is 5.41 Å². The molecule has 3 N–H and O–H groups in total. The Hall–Kier alpha value is -2.24. The van der Waals surface area contributed by atoms with Gasteiger partial charge in [0.25, 0.3) is 5.91 Å². The fraction of sp³-hybridized carbons (Fsp3) is 0.417. The molecule has 0 radical (unpaired) electrons. The molecule has 1 saturated heterocycles. The Morgan fingerprint density at radius 2 is 1.94 bits per heavy atom. The van der Waals surface area contributed by atoms with Gasteiger partial charge in [0.2, 0.25) is 5.91 Å². The van der Waals surface area contributed by atoms with Gasteiger partial charge in [-0.2, -0.15) is 0 Å². The Morgan fingerprint density at radius 3 is 2.58 bits per heavy atom. The summed E-state index contributed by atoms with van der Waals surface area (Å²) in [6, 6.07) is 13.5. The molecule has 4 rings (SSSR count). The van der Waals surface area contributed by atoms with E-state index in [1.165, 1.54) is 0 Å². The lowest BCUT2D eigenvalue weighted by atomic mass is 9.56. The van der Waals surface area contributed by atoms with Crippen LogP contribution in [0.2, 0.25) is 10.0 Å². The van der Waals surface area contributed by atoms with Crippen molar-refractivity contribution in [3.8, 4) is 5.75 Å². The van der Waals surface area contributed by atoms with Gasteiger partial charge < -0.3 is 15.8 Å². The molecular formula is C24H26Cl2N2O3. The first-order chi connectivity index (χ1) is 14.7. The van der Waals surface area contributed by atoms with Crippen LogP contribution in [0.3, 0.4) is 0 Å². The highest BCUT2D eigenvalue weighted by Gasteiger charge is 2.57. The summed E-state index contributed by atoms with van der Waals surface area (Å²) in [7, 11) is 0. The highest BCUT2D eigenvalue weighted by atomic mass is 35.5. The molecule has 1 aliphatic heterocycles. The lowest BCUT2D eigenvalue weighted by Crippen LogP contribution is -2.42. The fourth-order valence-corrected chi connectivity index (χ4v) is 6.00. The van der Waals surface area contributed by atoms with Gasteiger partial charge in [0.1, 0.15) is 5.75 Å². The molecule has 0 spiro atoms. The van der Waals surface area contributed by atoms with Crippen molar-refractivity contribution in [1.82, 2.24) is 5.32 Å². The van der Waals surface area contributed by atoms with Crippen LogP contribution in [-0.2, 0) is 9.59 Å². The largest absolute Gasteiger partial charge is 0.484 e. The van der Waals surface area contributed by atoms with Crippen molar-refractivity contribution in [1.29, 1.82) is 0 Å². The summed E-state index contributed by atoms with van der Waals surface area (Å²) >= 11 is 12.9. The monoisotopic (exact) mass is 460 g/mol. The van der Waals surface area contributed by atoms with Gasteiger partial charge in [0.15, 0.2) is 6.61 Å². The smallest absolute Gasteiger partial charge is 0.255 e. The second-order valence-corrected chi connectivity index (χ2v) is 9.71. The van der Waals surface area contributed by atoms with Crippen LogP contribution >= 0.6 is 23.2 Å². The van der Waals surface area contributed by atoms with E-state index in [0.29, 0.717) is 15.8 Å². The summed E-state index contributed by atoms with van der Waals surface area (Å²) in [5.74, 6) is 0.446. The van der Waals surface area contributed by atoms with Crippen molar-refractivity contribution in [2.75, 3.05) is 6.61 Å². The second kappa shape index (κ2) is 8.36. The van der Waals surface area contributed by atoms with Crippen LogP contribution in [0.4, 0.5) is 0 Å². The average Bonchev–Trinajstić information content (AvgIpc) is 2.95. The number of amides is 2. The third-order valence-electron chi connectivity index (χ3n) is 6.95. The number of primary amides is 1. The van der Waals surface area contributed by atoms with Gasteiger partial charge in [-0.05, 0) is 67.0 Å². The average molecular weight is 461 g/mol. The van der Waals surface area contributed by atoms with E-state index in [1.54, 1.807) is 6.07 Å².